The highest BCUT2D eigenvalue weighted by Gasteiger charge is 2.36. The molecule has 1 fully saturated rings. The van der Waals surface area contributed by atoms with Gasteiger partial charge in [0.05, 0.1) is 4.88 Å². The Balaban J connectivity index is 1.49. The zero-order valence-corrected chi connectivity index (χ0v) is 15.2. The zero-order valence-electron chi connectivity index (χ0n) is 14.3. The molecule has 1 aromatic carbocycles. The van der Waals surface area contributed by atoms with Gasteiger partial charge < -0.3 is 14.2 Å². The average molecular weight is 409 g/mol. The molecule has 1 aliphatic rings. The Morgan fingerprint density at radius 2 is 2.04 bits per heavy atom. The van der Waals surface area contributed by atoms with Crippen LogP contribution in [0.3, 0.4) is 0 Å². The number of aromatic nitrogens is 2. The number of hydrogen-bond donors (Lipinski definition) is 0. The fraction of sp³-hybridized carbons (Fsp3) is 0.278. The molecule has 3 heterocycles. The first-order valence-corrected chi connectivity index (χ1v) is 9.29. The summed E-state index contributed by atoms with van der Waals surface area (Å²) in [6, 6.07) is 8.83. The molecule has 0 N–H and O–H groups in total. The average Bonchev–Trinajstić information content (AvgIpc) is 3.37. The highest BCUT2D eigenvalue weighted by atomic mass is 32.1. The van der Waals surface area contributed by atoms with Crippen LogP contribution in [0.15, 0.2) is 46.3 Å². The number of amides is 1. The minimum absolute atomic E-state index is 0.0727. The van der Waals surface area contributed by atoms with Gasteiger partial charge in [-0.1, -0.05) is 23.4 Å². The third kappa shape index (κ3) is 4.01. The van der Waals surface area contributed by atoms with Crippen LogP contribution in [0.2, 0.25) is 0 Å². The lowest BCUT2D eigenvalue weighted by molar-refractivity contribution is -0.274. The summed E-state index contributed by atoms with van der Waals surface area (Å²) in [5, 5.41) is 5.88. The van der Waals surface area contributed by atoms with Crippen molar-refractivity contribution in [2.45, 2.75) is 31.8 Å². The number of rotatable bonds is 5. The normalized spacial score (nSPS) is 17.3. The van der Waals surface area contributed by atoms with Crippen LogP contribution in [0.25, 0.3) is 10.7 Å². The smallest absolute Gasteiger partial charge is 0.406 e. The molecule has 1 atom stereocenters. The largest absolute Gasteiger partial charge is 0.573 e. The van der Waals surface area contributed by atoms with E-state index in [0.717, 1.165) is 4.88 Å². The maximum atomic E-state index is 12.3. The molecule has 0 aliphatic carbocycles. The van der Waals surface area contributed by atoms with Crippen LogP contribution >= 0.6 is 11.3 Å². The molecule has 4 rings (SSSR count). The Morgan fingerprint density at radius 1 is 1.25 bits per heavy atom. The molecule has 1 aliphatic heterocycles. The first-order chi connectivity index (χ1) is 13.4. The van der Waals surface area contributed by atoms with Crippen LogP contribution in [-0.2, 0) is 11.3 Å². The van der Waals surface area contributed by atoms with Crippen LogP contribution in [-0.4, -0.2) is 27.3 Å². The van der Waals surface area contributed by atoms with Crippen molar-refractivity contribution in [1.82, 2.24) is 15.0 Å². The van der Waals surface area contributed by atoms with E-state index in [1.807, 2.05) is 17.5 Å². The number of carbonyl (C=O) groups excluding carboxylic acids is 1. The van der Waals surface area contributed by atoms with Crippen molar-refractivity contribution in [3.8, 4) is 16.5 Å². The van der Waals surface area contributed by atoms with Crippen LogP contribution in [0.5, 0.6) is 5.75 Å². The van der Waals surface area contributed by atoms with Gasteiger partial charge in [-0.05, 0) is 35.6 Å². The first-order valence-electron chi connectivity index (χ1n) is 8.41. The van der Waals surface area contributed by atoms with E-state index >= 15 is 0 Å². The summed E-state index contributed by atoms with van der Waals surface area (Å²) in [7, 11) is 0. The van der Waals surface area contributed by atoms with Crippen molar-refractivity contribution in [2.75, 3.05) is 0 Å². The lowest BCUT2D eigenvalue weighted by Gasteiger charge is -2.22. The Hall–Kier alpha value is -2.88. The number of nitrogens with zero attached hydrogens (tertiary/aromatic N) is 3. The number of carbonyl (C=O) groups is 1. The van der Waals surface area contributed by atoms with Crippen LogP contribution in [0.1, 0.15) is 30.3 Å². The van der Waals surface area contributed by atoms with Crippen molar-refractivity contribution in [3.05, 3.63) is 53.2 Å². The quantitative estimate of drug-likeness (QED) is 0.618. The second-order valence-corrected chi connectivity index (χ2v) is 7.15. The number of benzene rings is 1. The Kier molecular flexibility index (Phi) is 4.80. The lowest BCUT2D eigenvalue weighted by Crippen LogP contribution is -2.27. The van der Waals surface area contributed by atoms with Gasteiger partial charge in [-0.15, -0.1) is 24.5 Å². The van der Waals surface area contributed by atoms with Gasteiger partial charge in [0, 0.05) is 13.0 Å². The fourth-order valence-corrected chi connectivity index (χ4v) is 3.71. The van der Waals surface area contributed by atoms with Gasteiger partial charge in [-0.3, -0.25) is 4.79 Å². The molecule has 1 amide bonds. The number of hydrogen-bond acceptors (Lipinski definition) is 6. The highest BCUT2D eigenvalue weighted by molar-refractivity contribution is 7.13. The maximum absolute atomic E-state index is 12.3. The molecule has 10 heteroatoms. The molecular formula is C18H14F3N3O3S. The van der Waals surface area contributed by atoms with Crippen molar-refractivity contribution in [1.29, 1.82) is 0 Å². The predicted molar refractivity (Wildman–Crippen MR) is 93.3 cm³/mol. The van der Waals surface area contributed by atoms with E-state index in [-0.39, 0.29) is 24.2 Å². The minimum Gasteiger partial charge on any atom is -0.406 e. The van der Waals surface area contributed by atoms with Gasteiger partial charge in [0.15, 0.2) is 0 Å². The molecule has 0 saturated carbocycles. The van der Waals surface area contributed by atoms with E-state index in [1.165, 1.54) is 35.6 Å². The SMILES string of the molecule is O=C1CCC(c2nc(-c3cccs3)no2)N1Cc1ccc(OC(F)(F)F)cc1. The summed E-state index contributed by atoms with van der Waals surface area (Å²) in [4.78, 5) is 19.2. The Morgan fingerprint density at radius 3 is 2.71 bits per heavy atom. The standard InChI is InChI=1S/C18H14F3N3O3S/c19-18(20,21)26-12-5-3-11(4-6-12)10-24-13(7-8-15(24)25)17-22-16(23-27-17)14-2-1-9-28-14/h1-6,9,13H,7-8,10H2. The monoisotopic (exact) mass is 409 g/mol. The van der Waals surface area contributed by atoms with E-state index in [0.29, 0.717) is 30.1 Å². The van der Waals surface area contributed by atoms with E-state index in [9.17, 15) is 18.0 Å². The molecule has 1 unspecified atom stereocenters. The molecule has 3 aromatic rings. The lowest BCUT2D eigenvalue weighted by atomic mass is 10.1. The molecule has 0 spiro atoms. The topological polar surface area (TPSA) is 68.5 Å². The summed E-state index contributed by atoms with van der Waals surface area (Å²) in [5.74, 6) is 0.443. The molecule has 0 radical (unpaired) electrons. The molecule has 1 saturated heterocycles. The maximum Gasteiger partial charge on any atom is 0.573 e. The van der Waals surface area contributed by atoms with Crippen LogP contribution in [0.4, 0.5) is 13.2 Å². The van der Waals surface area contributed by atoms with Crippen molar-refractivity contribution in [3.63, 3.8) is 0 Å². The molecule has 6 nitrogen and oxygen atoms in total. The summed E-state index contributed by atoms with van der Waals surface area (Å²) >= 11 is 1.48. The highest BCUT2D eigenvalue weighted by Crippen LogP contribution is 2.35. The second kappa shape index (κ2) is 7.27. The van der Waals surface area contributed by atoms with Crippen molar-refractivity contribution < 1.29 is 27.2 Å². The number of likely N-dealkylation sites (tertiary alicyclic amines) is 1. The summed E-state index contributed by atoms with van der Waals surface area (Å²) in [6.45, 7) is 0.229. The molecular weight excluding hydrogens is 395 g/mol. The van der Waals surface area contributed by atoms with Crippen LogP contribution in [0, 0.1) is 0 Å². The second-order valence-electron chi connectivity index (χ2n) is 6.20. The number of halogens is 3. The van der Waals surface area contributed by atoms with Crippen molar-refractivity contribution in [2.24, 2.45) is 0 Å². The van der Waals surface area contributed by atoms with Gasteiger partial charge in [0.2, 0.25) is 17.6 Å². The number of ether oxygens (including phenoxy) is 1. The molecule has 0 bridgehead atoms. The van der Waals surface area contributed by atoms with Gasteiger partial charge in [0.25, 0.3) is 0 Å². The third-order valence-electron chi connectivity index (χ3n) is 4.31. The van der Waals surface area contributed by atoms with Crippen LogP contribution < -0.4 is 4.74 Å². The number of thiophene rings is 1. The molecule has 2 aromatic heterocycles. The molecule has 146 valence electrons. The number of alkyl halides is 3. The Bertz CT molecular complexity index is 955. The summed E-state index contributed by atoms with van der Waals surface area (Å²) < 4.78 is 46.0. The summed E-state index contributed by atoms with van der Waals surface area (Å²) in [5.41, 5.74) is 0.674. The van der Waals surface area contributed by atoms with E-state index in [2.05, 4.69) is 14.9 Å². The van der Waals surface area contributed by atoms with E-state index in [4.69, 9.17) is 4.52 Å². The van der Waals surface area contributed by atoms with E-state index < -0.39 is 6.36 Å². The van der Waals surface area contributed by atoms with Gasteiger partial charge in [-0.2, -0.15) is 4.98 Å². The zero-order chi connectivity index (χ0) is 19.7. The van der Waals surface area contributed by atoms with Gasteiger partial charge in [-0.25, -0.2) is 0 Å². The summed E-state index contributed by atoms with van der Waals surface area (Å²) in [6.07, 6.45) is -3.85. The van der Waals surface area contributed by atoms with Gasteiger partial charge >= 0.3 is 6.36 Å². The molecule has 28 heavy (non-hydrogen) atoms. The fourth-order valence-electron chi connectivity index (χ4n) is 3.06. The minimum atomic E-state index is -4.74. The first kappa shape index (κ1) is 18.5. The van der Waals surface area contributed by atoms with Crippen molar-refractivity contribution >= 4 is 17.2 Å². The predicted octanol–water partition coefficient (Wildman–Crippen LogP) is 4.56. The third-order valence-corrected chi connectivity index (χ3v) is 5.17. The van der Waals surface area contributed by atoms with Gasteiger partial charge in [0.1, 0.15) is 11.8 Å². The van der Waals surface area contributed by atoms with E-state index in [1.54, 1.807) is 4.90 Å². The Labute approximate surface area is 161 Å².